The molecule has 0 saturated carbocycles. The average Bonchev–Trinajstić information content (AvgIpc) is 2.71. The van der Waals surface area contributed by atoms with Gasteiger partial charge in [0.05, 0.1) is 6.10 Å². The summed E-state index contributed by atoms with van der Waals surface area (Å²) < 4.78 is 5.56. The van der Waals surface area contributed by atoms with Crippen molar-refractivity contribution in [2.24, 2.45) is 4.99 Å². The van der Waals surface area contributed by atoms with Gasteiger partial charge in [-0.3, -0.25) is 15.1 Å². The number of hydrogen-bond donors (Lipinski definition) is 2. The number of nitrogens with zero attached hydrogens (tertiary/aromatic N) is 1. The van der Waals surface area contributed by atoms with Crippen LogP contribution in [0.15, 0.2) is 29.3 Å². The van der Waals surface area contributed by atoms with Gasteiger partial charge < -0.3 is 10.1 Å². The molecule has 1 aliphatic rings. The number of hydrogen-bond acceptors (Lipinski definition) is 3. The van der Waals surface area contributed by atoms with Crippen LogP contribution < -0.4 is 15.4 Å². The lowest BCUT2D eigenvalue weighted by molar-refractivity contribution is -0.120. The molecule has 96 valence electrons. The third-order valence-electron chi connectivity index (χ3n) is 2.59. The first-order valence-electron chi connectivity index (χ1n) is 5.91. The molecule has 2 N–H and O–H groups in total. The molecule has 0 aromatic heterocycles. The van der Waals surface area contributed by atoms with Crippen molar-refractivity contribution in [2.75, 3.05) is 7.05 Å². The first kappa shape index (κ1) is 12.4. The molecule has 1 fully saturated rings. The molecule has 0 radical (unpaired) electrons. The van der Waals surface area contributed by atoms with Crippen molar-refractivity contribution in [1.29, 1.82) is 0 Å². The van der Waals surface area contributed by atoms with Gasteiger partial charge in [0.15, 0.2) is 5.96 Å². The van der Waals surface area contributed by atoms with Crippen molar-refractivity contribution in [1.82, 2.24) is 10.6 Å². The van der Waals surface area contributed by atoms with Gasteiger partial charge in [0, 0.05) is 7.05 Å². The Hall–Kier alpha value is -2.04. The summed E-state index contributed by atoms with van der Waals surface area (Å²) in [6.07, 6.45) is 0.141. The van der Waals surface area contributed by atoms with Crippen molar-refractivity contribution in [3.8, 4) is 5.75 Å². The normalized spacial score (nSPS) is 21.0. The summed E-state index contributed by atoms with van der Waals surface area (Å²) in [6.45, 7) is 3.95. The minimum atomic E-state index is -0.378. The molecule has 18 heavy (non-hydrogen) atoms. The van der Waals surface area contributed by atoms with Crippen LogP contribution in [0.5, 0.6) is 5.75 Å². The highest BCUT2D eigenvalue weighted by molar-refractivity contribution is 6.06. The minimum absolute atomic E-state index is 0.0897. The van der Waals surface area contributed by atoms with E-state index < -0.39 is 0 Å². The molecule has 1 unspecified atom stereocenters. The number of rotatable bonds is 3. The van der Waals surface area contributed by atoms with E-state index in [1.165, 1.54) is 0 Å². The van der Waals surface area contributed by atoms with Crippen molar-refractivity contribution in [2.45, 2.75) is 26.0 Å². The van der Waals surface area contributed by atoms with Crippen molar-refractivity contribution in [3.05, 3.63) is 29.8 Å². The SMILES string of the molecule is CN=C1NC(=O)C(c2ccc(OC(C)C)cc2)N1. The molecule has 0 bridgehead atoms. The maximum absolute atomic E-state index is 11.7. The number of ether oxygens (including phenoxy) is 1. The fraction of sp³-hybridized carbons (Fsp3) is 0.385. The summed E-state index contributed by atoms with van der Waals surface area (Å²) in [5.74, 6) is 1.22. The van der Waals surface area contributed by atoms with Crippen molar-refractivity contribution < 1.29 is 9.53 Å². The highest BCUT2D eigenvalue weighted by Crippen LogP contribution is 2.20. The smallest absolute Gasteiger partial charge is 0.253 e. The molecule has 1 aromatic carbocycles. The standard InChI is InChI=1S/C13H17N3O2/c1-8(2)18-10-6-4-9(5-7-10)11-12(17)16-13(14-3)15-11/h4-8,11H,1-3H3,(H2,14,15,16,17). The van der Waals surface area contributed by atoms with Gasteiger partial charge in [-0.25, -0.2) is 0 Å². The number of carbonyl (C=O) groups is 1. The number of nitrogens with one attached hydrogen (secondary N) is 2. The van der Waals surface area contributed by atoms with Gasteiger partial charge in [0.1, 0.15) is 11.8 Å². The molecule has 1 heterocycles. The highest BCUT2D eigenvalue weighted by atomic mass is 16.5. The topological polar surface area (TPSA) is 62.7 Å². The van der Waals surface area contributed by atoms with Crippen LogP contribution in [0.1, 0.15) is 25.5 Å². The predicted octanol–water partition coefficient (Wildman–Crippen LogP) is 1.22. The molecular weight excluding hydrogens is 230 g/mol. The molecule has 0 aliphatic carbocycles. The molecule has 0 spiro atoms. The summed E-state index contributed by atoms with van der Waals surface area (Å²) in [6, 6.07) is 7.12. The van der Waals surface area contributed by atoms with E-state index in [2.05, 4.69) is 15.6 Å². The van der Waals surface area contributed by atoms with Crippen LogP contribution >= 0.6 is 0 Å². The molecule has 5 nitrogen and oxygen atoms in total. The highest BCUT2D eigenvalue weighted by Gasteiger charge is 2.29. The largest absolute Gasteiger partial charge is 0.491 e. The Morgan fingerprint density at radius 3 is 2.44 bits per heavy atom. The van der Waals surface area contributed by atoms with Crippen LogP contribution in [0.4, 0.5) is 0 Å². The Kier molecular flexibility index (Phi) is 3.50. The third-order valence-corrected chi connectivity index (χ3v) is 2.59. The van der Waals surface area contributed by atoms with Crippen LogP contribution in [-0.2, 0) is 4.79 Å². The van der Waals surface area contributed by atoms with Crippen LogP contribution in [0, 0.1) is 0 Å². The van der Waals surface area contributed by atoms with E-state index in [1.807, 2.05) is 38.1 Å². The van der Waals surface area contributed by atoms with E-state index in [0.717, 1.165) is 11.3 Å². The Bertz CT molecular complexity index is 466. The minimum Gasteiger partial charge on any atom is -0.491 e. The van der Waals surface area contributed by atoms with Gasteiger partial charge in [-0.15, -0.1) is 0 Å². The van der Waals surface area contributed by atoms with E-state index in [1.54, 1.807) is 7.05 Å². The van der Waals surface area contributed by atoms with E-state index in [0.29, 0.717) is 5.96 Å². The summed E-state index contributed by atoms with van der Waals surface area (Å²) in [4.78, 5) is 15.6. The molecular formula is C13H17N3O2. The molecule has 1 aliphatic heterocycles. The Morgan fingerprint density at radius 2 is 1.94 bits per heavy atom. The monoisotopic (exact) mass is 247 g/mol. The van der Waals surface area contributed by atoms with E-state index in [4.69, 9.17) is 4.74 Å². The molecule has 5 heteroatoms. The number of guanidine groups is 1. The third kappa shape index (κ3) is 2.61. The fourth-order valence-corrected chi connectivity index (χ4v) is 1.79. The van der Waals surface area contributed by atoms with Crippen molar-refractivity contribution >= 4 is 11.9 Å². The van der Waals surface area contributed by atoms with Gasteiger partial charge in [0.2, 0.25) is 0 Å². The molecule has 1 amide bonds. The van der Waals surface area contributed by atoms with Crippen LogP contribution in [0.2, 0.25) is 0 Å². The van der Waals surface area contributed by atoms with Gasteiger partial charge in [0.25, 0.3) is 5.91 Å². The summed E-state index contributed by atoms with van der Waals surface area (Å²) in [7, 11) is 1.63. The zero-order chi connectivity index (χ0) is 13.1. The maximum atomic E-state index is 11.7. The van der Waals surface area contributed by atoms with Crippen molar-refractivity contribution in [3.63, 3.8) is 0 Å². The lowest BCUT2D eigenvalue weighted by Crippen LogP contribution is -2.24. The zero-order valence-corrected chi connectivity index (χ0v) is 10.7. The zero-order valence-electron chi connectivity index (χ0n) is 10.7. The Labute approximate surface area is 106 Å². The van der Waals surface area contributed by atoms with Gasteiger partial charge >= 0.3 is 0 Å². The van der Waals surface area contributed by atoms with Crippen LogP contribution in [-0.4, -0.2) is 25.0 Å². The second kappa shape index (κ2) is 5.08. The number of aliphatic imine (C=N–C) groups is 1. The van der Waals surface area contributed by atoms with Crippen LogP contribution in [0.3, 0.4) is 0 Å². The maximum Gasteiger partial charge on any atom is 0.253 e. The number of benzene rings is 1. The average molecular weight is 247 g/mol. The summed E-state index contributed by atoms with van der Waals surface area (Å²) in [5.41, 5.74) is 0.891. The second-order valence-electron chi connectivity index (χ2n) is 4.37. The van der Waals surface area contributed by atoms with Gasteiger partial charge in [-0.2, -0.15) is 0 Å². The first-order chi connectivity index (χ1) is 8.60. The molecule has 1 saturated heterocycles. The lowest BCUT2D eigenvalue weighted by Gasteiger charge is -2.12. The molecule has 1 aromatic rings. The van der Waals surface area contributed by atoms with Crippen LogP contribution in [0.25, 0.3) is 0 Å². The fourth-order valence-electron chi connectivity index (χ4n) is 1.79. The quantitative estimate of drug-likeness (QED) is 0.844. The van der Waals surface area contributed by atoms with E-state index >= 15 is 0 Å². The summed E-state index contributed by atoms with van der Waals surface area (Å²) >= 11 is 0. The Morgan fingerprint density at radius 1 is 1.28 bits per heavy atom. The summed E-state index contributed by atoms with van der Waals surface area (Å²) in [5, 5.41) is 5.68. The van der Waals surface area contributed by atoms with E-state index in [9.17, 15) is 4.79 Å². The van der Waals surface area contributed by atoms with E-state index in [-0.39, 0.29) is 18.1 Å². The predicted molar refractivity (Wildman–Crippen MR) is 69.6 cm³/mol. The lowest BCUT2D eigenvalue weighted by atomic mass is 10.1. The second-order valence-corrected chi connectivity index (χ2v) is 4.37. The van der Waals surface area contributed by atoms with Gasteiger partial charge in [-0.1, -0.05) is 12.1 Å². The number of amides is 1. The first-order valence-corrected chi connectivity index (χ1v) is 5.91. The molecule has 2 rings (SSSR count). The van der Waals surface area contributed by atoms with Gasteiger partial charge in [-0.05, 0) is 31.5 Å². The molecule has 1 atom stereocenters. The number of carbonyl (C=O) groups excluding carboxylic acids is 1. The Balaban J connectivity index is 2.13.